The number of imide groups is 1. The molecule has 0 heterocycles. The molecular formula is C11H13BrN2O5. The maximum Gasteiger partial charge on any atom is 0.318 e. The number of methoxy groups -OCH3 is 1. The number of primary amides is 1. The summed E-state index contributed by atoms with van der Waals surface area (Å²) < 4.78 is 10.9. The molecule has 0 saturated carbocycles. The van der Waals surface area contributed by atoms with Crippen LogP contribution in [0.5, 0.6) is 11.5 Å². The lowest BCUT2D eigenvalue weighted by Crippen LogP contribution is -2.38. The van der Waals surface area contributed by atoms with Crippen molar-refractivity contribution >= 4 is 27.9 Å². The average molecular weight is 333 g/mol. The topological polar surface area (TPSA) is 111 Å². The van der Waals surface area contributed by atoms with E-state index >= 15 is 0 Å². The third kappa shape index (κ3) is 4.42. The molecule has 0 saturated heterocycles. The number of ether oxygens (including phenoxy) is 2. The Morgan fingerprint density at radius 3 is 2.68 bits per heavy atom. The number of nitrogens with one attached hydrogen (secondary N) is 1. The van der Waals surface area contributed by atoms with Crippen LogP contribution in [0.2, 0.25) is 0 Å². The number of nitrogens with two attached hydrogens (primary N) is 1. The quantitative estimate of drug-likeness (QED) is 0.728. The van der Waals surface area contributed by atoms with Crippen molar-refractivity contribution < 1.29 is 24.2 Å². The maximum absolute atomic E-state index is 11.2. The fourth-order valence-corrected chi connectivity index (χ4v) is 1.92. The van der Waals surface area contributed by atoms with Gasteiger partial charge in [-0.25, -0.2) is 4.79 Å². The summed E-state index contributed by atoms with van der Waals surface area (Å²) in [5.41, 5.74) is 5.42. The lowest BCUT2D eigenvalue weighted by Gasteiger charge is -2.13. The second-order valence-corrected chi connectivity index (χ2v) is 4.32. The van der Waals surface area contributed by atoms with E-state index in [0.717, 1.165) is 0 Å². The number of rotatable bonds is 5. The Hall–Kier alpha value is -1.80. The standard InChI is InChI=1S/C11H13BrN2O5/c1-18-8-3-6(4-15)2-7(12)10(8)19-5-9(16)14-11(13)17/h2-3,15H,4-5H2,1H3,(H3,13,14,16,17). The maximum atomic E-state index is 11.2. The van der Waals surface area contributed by atoms with Crippen LogP contribution in [-0.2, 0) is 11.4 Å². The minimum Gasteiger partial charge on any atom is -0.493 e. The van der Waals surface area contributed by atoms with Crippen molar-refractivity contribution in [3.63, 3.8) is 0 Å². The first-order valence-electron chi connectivity index (χ1n) is 5.17. The van der Waals surface area contributed by atoms with Crippen molar-refractivity contribution in [1.82, 2.24) is 5.32 Å². The molecule has 1 aromatic rings. The molecule has 0 aliphatic carbocycles. The van der Waals surface area contributed by atoms with Crippen LogP contribution in [0.3, 0.4) is 0 Å². The summed E-state index contributed by atoms with van der Waals surface area (Å²) in [7, 11) is 1.43. The third-order valence-corrected chi connectivity index (χ3v) is 2.67. The Morgan fingerprint density at radius 1 is 1.47 bits per heavy atom. The van der Waals surface area contributed by atoms with E-state index in [2.05, 4.69) is 15.9 Å². The minimum atomic E-state index is -0.949. The number of aliphatic hydroxyl groups is 1. The van der Waals surface area contributed by atoms with Gasteiger partial charge in [-0.3, -0.25) is 10.1 Å². The highest BCUT2D eigenvalue weighted by molar-refractivity contribution is 9.10. The molecule has 0 bridgehead atoms. The van der Waals surface area contributed by atoms with E-state index in [-0.39, 0.29) is 6.61 Å². The smallest absolute Gasteiger partial charge is 0.318 e. The summed E-state index contributed by atoms with van der Waals surface area (Å²) in [5.74, 6) is -0.0303. The van der Waals surface area contributed by atoms with Crippen LogP contribution < -0.4 is 20.5 Å². The van der Waals surface area contributed by atoms with Gasteiger partial charge in [-0.1, -0.05) is 0 Å². The molecule has 7 nitrogen and oxygen atoms in total. The molecule has 0 aromatic heterocycles. The molecule has 19 heavy (non-hydrogen) atoms. The van der Waals surface area contributed by atoms with Crippen LogP contribution in [0.25, 0.3) is 0 Å². The van der Waals surface area contributed by atoms with E-state index in [1.54, 1.807) is 12.1 Å². The van der Waals surface area contributed by atoms with Crippen molar-refractivity contribution in [2.45, 2.75) is 6.61 Å². The average Bonchev–Trinajstić information content (AvgIpc) is 2.35. The van der Waals surface area contributed by atoms with Crippen LogP contribution in [0.4, 0.5) is 4.79 Å². The summed E-state index contributed by atoms with van der Waals surface area (Å²) in [6.07, 6.45) is 0. The Balaban J connectivity index is 2.83. The van der Waals surface area contributed by atoms with Crippen molar-refractivity contribution in [2.24, 2.45) is 5.73 Å². The molecule has 0 fully saturated rings. The molecule has 1 aromatic carbocycles. The highest BCUT2D eigenvalue weighted by atomic mass is 79.9. The molecule has 1 rings (SSSR count). The molecule has 3 amide bonds. The third-order valence-electron chi connectivity index (χ3n) is 2.08. The molecule has 104 valence electrons. The van der Waals surface area contributed by atoms with E-state index in [4.69, 9.17) is 20.3 Å². The van der Waals surface area contributed by atoms with Crippen LogP contribution in [0.1, 0.15) is 5.56 Å². The Kier molecular flexibility index (Phi) is 5.58. The van der Waals surface area contributed by atoms with Gasteiger partial charge < -0.3 is 20.3 Å². The zero-order valence-corrected chi connectivity index (χ0v) is 11.7. The van der Waals surface area contributed by atoms with Crippen molar-refractivity contribution in [2.75, 3.05) is 13.7 Å². The summed E-state index contributed by atoms with van der Waals surface area (Å²) >= 11 is 3.24. The van der Waals surface area contributed by atoms with E-state index in [9.17, 15) is 9.59 Å². The fraction of sp³-hybridized carbons (Fsp3) is 0.273. The number of halogens is 1. The molecule has 0 aliphatic heterocycles. The zero-order chi connectivity index (χ0) is 14.4. The summed E-state index contributed by atoms with van der Waals surface area (Å²) in [5, 5.41) is 10.9. The lowest BCUT2D eigenvalue weighted by molar-refractivity contribution is -0.121. The van der Waals surface area contributed by atoms with Crippen LogP contribution in [0.15, 0.2) is 16.6 Å². The van der Waals surface area contributed by atoms with Gasteiger partial charge in [0.25, 0.3) is 5.91 Å². The number of hydrogen-bond acceptors (Lipinski definition) is 5. The normalized spacial score (nSPS) is 9.84. The Labute approximate surface area is 117 Å². The number of amides is 3. The highest BCUT2D eigenvalue weighted by Crippen LogP contribution is 2.36. The van der Waals surface area contributed by atoms with Crippen LogP contribution >= 0.6 is 15.9 Å². The Bertz CT molecular complexity index is 492. The molecule has 0 unspecified atom stereocenters. The minimum absolute atomic E-state index is 0.155. The molecular weight excluding hydrogens is 320 g/mol. The fourth-order valence-electron chi connectivity index (χ4n) is 1.32. The summed E-state index contributed by atoms with van der Waals surface area (Å²) in [4.78, 5) is 21.7. The van der Waals surface area contributed by atoms with Gasteiger partial charge in [0.05, 0.1) is 18.2 Å². The van der Waals surface area contributed by atoms with Gasteiger partial charge in [-0.05, 0) is 33.6 Å². The molecule has 0 aliphatic rings. The number of hydrogen-bond donors (Lipinski definition) is 3. The SMILES string of the molecule is COc1cc(CO)cc(Br)c1OCC(=O)NC(N)=O. The second-order valence-electron chi connectivity index (χ2n) is 3.47. The van der Waals surface area contributed by atoms with E-state index in [0.29, 0.717) is 21.5 Å². The lowest BCUT2D eigenvalue weighted by atomic mass is 10.2. The molecule has 4 N–H and O–H groups in total. The first-order valence-corrected chi connectivity index (χ1v) is 5.96. The predicted octanol–water partition coefficient (Wildman–Crippen LogP) is 0.524. The van der Waals surface area contributed by atoms with Gasteiger partial charge in [-0.15, -0.1) is 0 Å². The predicted molar refractivity (Wildman–Crippen MR) is 69.8 cm³/mol. The second kappa shape index (κ2) is 6.95. The van der Waals surface area contributed by atoms with Gasteiger partial charge in [0, 0.05) is 0 Å². The van der Waals surface area contributed by atoms with Crippen LogP contribution in [0, 0.1) is 0 Å². The molecule has 0 spiro atoms. The van der Waals surface area contributed by atoms with E-state index in [1.165, 1.54) is 7.11 Å². The molecule has 0 atom stereocenters. The van der Waals surface area contributed by atoms with Gasteiger partial charge in [-0.2, -0.15) is 0 Å². The molecule has 0 radical (unpaired) electrons. The number of urea groups is 1. The van der Waals surface area contributed by atoms with E-state index in [1.807, 2.05) is 5.32 Å². The first kappa shape index (κ1) is 15.3. The van der Waals surface area contributed by atoms with Crippen LogP contribution in [-0.4, -0.2) is 30.8 Å². The molecule has 8 heteroatoms. The zero-order valence-electron chi connectivity index (χ0n) is 10.1. The monoisotopic (exact) mass is 332 g/mol. The largest absolute Gasteiger partial charge is 0.493 e. The van der Waals surface area contributed by atoms with E-state index < -0.39 is 18.5 Å². The van der Waals surface area contributed by atoms with Crippen molar-refractivity contribution in [3.8, 4) is 11.5 Å². The van der Waals surface area contributed by atoms with Crippen molar-refractivity contribution in [1.29, 1.82) is 0 Å². The highest BCUT2D eigenvalue weighted by Gasteiger charge is 2.13. The Morgan fingerprint density at radius 2 is 2.16 bits per heavy atom. The number of carbonyl (C=O) groups is 2. The van der Waals surface area contributed by atoms with Gasteiger partial charge in [0.1, 0.15) is 0 Å². The summed E-state index contributed by atoms with van der Waals surface area (Å²) in [6.45, 7) is -0.548. The van der Waals surface area contributed by atoms with Gasteiger partial charge >= 0.3 is 6.03 Å². The van der Waals surface area contributed by atoms with Gasteiger partial charge in [0.2, 0.25) is 0 Å². The number of benzene rings is 1. The number of carbonyl (C=O) groups excluding carboxylic acids is 2. The number of aliphatic hydroxyl groups excluding tert-OH is 1. The summed E-state index contributed by atoms with van der Waals surface area (Å²) in [6, 6.07) is 2.26. The first-order chi connectivity index (χ1) is 8.97. The van der Waals surface area contributed by atoms with Gasteiger partial charge in [0.15, 0.2) is 18.1 Å². The van der Waals surface area contributed by atoms with Crippen molar-refractivity contribution in [3.05, 3.63) is 22.2 Å².